The van der Waals surface area contributed by atoms with Crippen LogP contribution in [0.1, 0.15) is 35.7 Å². The quantitative estimate of drug-likeness (QED) is 0.826. The summed E-state index contributed by atoms with van der Waals surface area (Å²) in [5.41, 5.74) is 0.782. The second-order valence-electron chi connectivity index (χ2n) is 4.12. The van der Waals surface area contributed by atoms with Gasteiger partial charge in [-0.05, 0) is 31.0 Å². The smallest absolute Gasteiger partial charge is 0.251 e. The highest BCUT2D eigenvalue weighted by Gasteiger charge is 2.09. The van der Waals surface area contributed by atoms with Gasteiger partial charge in [-0.15, -0.1) is 0 Å². The first-order valence-corrected chi connectivity index (χ1v) is 5.77. The molecule has 0 saturated heterocycles. The zero-order valence-electron chi connectivity index (χ0n) is 10.2. The van der Waals surface area contributed by atoms with Gasteiger partial charge in [0, 0.05) is 12.1 Å². The Morgan fingerprint density at radius 1 is 1.53 bits per heavy atom. The van der Waals surface area contributed by atoms with Gasteiger partial charge in [-0.3, -0.25) is 4.79 Å². The third kappa shape index (κ3) is 4.15. The van der Waals surface area contributed by atoms with Crippen LogP contribution in [-0.2, 0) is 0 Å². The fourth-order valence-electron chi connectivity index (χ4n) is 1.48. The average Bonchev–Trinajstić information content (AvgIpc) is 2.30. The molecule has 94 valence electrons. The molecule has 1 unspecified atom stereocenters. The third-order valence-electron chi connectivity index (χ3n) is 2.55. The predicted octanol–water partition coefficient (Wildman–Crippen LogP) is 2.02. The Labute approximate surface area is 101 Å². The topological polar surface area (TPSA) is 49.3 Å². The molecule has 0 aliphatic heterocycles. The van der Waals surface area contributed by atoms with Gasteiger partial charge in [-0.1, -0.05) is 19.4 Å². The van der Waals surface area contributed by atoms with Crippen molar-refractivity contribution in [3.63, 3.8) is 0 Å². The standard InChI is InChI=1S/C13H18FNO2/c1-3-4-11(16)8-15-13(17)10-6-5-9(2)12(14)7-10/h5-7,11,16H,3-4,8H2,1-2H3,(H,15,17). The zero-order valence-corrected chi connectivity index (χ0v) is 10.2. The van der Waals surface area contributed by atoms with Crippen LogP contribution in [0.3, 0.4) is 0 Å². The molecule has 0 fully saturated rings. The minimum absolute atomic E-state index is 0.197. The van der Waals surface area contributed by atoms with Crippen molar-refractivity contribution in [1.82, 2.24) is 5.32 Å². The Hall–Kier alpha value is -1.42. The lowest BCUT2D eigenvalue weighted by Crippen LogP contribution is -2.32. The molecule has 0 heterocycles. The Kier molecular flexibility index (Phi) is 5.10. The van der Waals surface area contributed by atoms with E-state index in [0.717, 1.165) is 6.42 Å². The van der Waals surface area contributed by atoms with E-state index in [1.165, 1.54) is 6.07 Å². The Bertz CT molecular complexity index is 393. The summed E-state index contributed by atoms with van der Waals surface area (Å²) in [6.45, 7) is 3.80. The summed E-state index contributed by atoms with van der Waals surface area (Å²) in [7, 11) is 0. The van der Waals surface area contributed by atoms with Gasteiger partial charge in [0.25, 0.3) is 5.91 Å². The molecule has 17 heavy (non-hydrogen) atoms. The number of carbonyl (C=O) groups excluding carboxylic acids is 1. The van der Waals surface area contributed by atoms with Crippen molar-refractivity contribution >= 4 is 5.91 Å². The highest BCUT2D eigenvalue weighted by atomic mass is 19.1. The van der Waals surface area contributed by atoms with Gasteiger partial charge in [0.2, 0.25) is 0 Å². The van der Waals surface area contributed by atoms with Gasteiger partial charge in [0.1, 0.15) is 5.82 Å². The van der Waals surface area contributed by atoms with Gasteiger partial charge in [-0.2, -0.15) is 0 Å². The predicted molar refractivity (Wildman–Crippen MR) is 64.4 cm³/mol. The molecule has 0 spiro atoms. The van der Waals surface area contributed by atoms with E-state index in [0.29, 0.717) is 12.0 Å². The molecule has 0 aliphatic rings. The number of hydrogen-bond acceptors (Lipinski definition) is 2. The average molecular weight is 239 g/mol. The molecule has 3 nitrogen and oxygen atoms in total. The zero-order chi connectivity index (χ0) is 12.8. The van der Waals surface area contributed by atoms with Crippen molar-refractivity contribution in [3.05, 3.63) is 35.1 Å². The van der Waals surface area contributed by atoms with Gasteiger partial charge >= 0.3 is 0 Å². The number of benzene rings is 1. The number of aryl methyl sites for hydroxylation is 1. The van der Waals surface area contributed by atoms with Gasteiger partial charge in [0.05, 0.1) is 6.10 Å². The monoisotopic (exact) mass is 239 g/mol. The Morgan fingerprint density at radius 3 is 2.82 bits per heavy atom. The Balaban J connectivity index is 2.55. The molecule has 2 N–H and O–H groups in total. The number of carbonyl (C=O) groups is 1. The lowest BCUT2D eigenvalue weighted by atomic mass is 10.1. The van der Waals surface area contributed by atoms with Crippen LogP contribution in [0.15, 0.2) is 18.2 Å². The molecular formula is C13H18FNO2. The van der Waals surface area contributed by atoms with Gasteiger partial charge in [-0.25, -0.2) is 4.39 Å². The minimum atomic E-state index is -0.542. The maximum atomic E-state index is 13.2. The highest BCUT2D eigenvalue weighted by molar-refractivity contribution is 5.94. The first-order chi connectivity index (χ1) is 8.04. The highest BCUT2D eigenvalue weighted by Crippen LogP contribution is 2.09. The SMILES string of the molecule is CCCC(O)CNC(=O)c1ccc(C)c(F)c1. The molecule has 0 aliphatic carbocycles. The van der Waals surface area contributed by atoms with E-state index in [4.69, 9.17) is 0 Å². The molecule has 0 radical (unpaired) electrons. The number of halogens is 1. The van der Waals surface area contributed by atoms with E-state index in [-0.39, 0.29) is 18.0 Å². The summed E-state index contributed by atoms with van der Waals surface area (Å²) in [5.74, 6) is -0.759. The van der Waals surface area contributed by atoms with Crippen LogP contribution in [0.25, 0.3) is 0 Å². The van der Waals surface area contributed by atoms with Crippen LogP contribution in [0.4, 0.5) is 4.39 Å². The van der Waals surface area contributed by atoms with Gasteiger partial charge in [0.15, 0.2) is 0 Å². The van der Waals surface area contributed by atoms with Crippen LogP contribution >= 0.6 is 0 Å². The number of hydrogen-bond donors (Lipinski definition) is 2. The molecule has 1 atom stereocenters. The number of amides is 1. The summed E-state index contributed by atoms with van der Waals surface area (Å²) in [6, 6.07) is 4.34. The largest absolute Gasteiger partial charge is 0.391 e. The maximum Gasteiger partial charge on any atom is 0.251 e. The first kappa shape index (κ1) is 13.6. The van der Waals surface area contributed by atoms with E-state index in [9.17, 15) is 14.3 Å². The first-order valence-electron chi connectivity index (χ1n) is 5.77. The number of rotatable bonds is 5. The molecule has 1 aromatic rings. The van der Waals surface area contributed by atoms with E-state index >= 15 is 0 Å². The van der Waals surface area contributed by atoms with E-state index in [1.807, 2.05) is 6.92 Å². The summed E-state index contributed by atoms with van der Waals surface area (Å²) in [4.78, 5) is 11.6. The second kappa shape index (κ2) is 6.35. The van der Waals surface area contributed by atoms with Crippen LogP contribution in [0.2, 0.25) is 0 Å². The summed E-state index contributed by atoms with van der Waals surface area (Å²) >= 11 is 0. The molecule has 1 rings (SSSR count). The molecule has 0 aromatic heterocycles. The van der Waals surface area contributed by atoms with Crippen LogP contribution < -0.4 is 5.32 Å². The number of aliphatic hydroxyl groups excluding tert-OH is 1. The lowest BCUT2D eigenvalue weighted by Gasteiger charge is -2.10. The van der Waals surface area contributed by atoms with E-state index in [1.54, 1.807) is 19.1 Å². The maximum absolute atomic E-state index is 13.2. The lowest BCUT2D eigenvalue weighted by molar-refractivity contribution is 0.0909. The molecule has 1 amide bonds. The fourth-order valence-corrected chi connectivity index (χ4v) is 1.48. The van der Waals surface area contributed by atoms with Crippen molar-refractivity contribution in [3.8, 4) is 0 Å². The van der Waals surface area contributed by atoms with Crippen LogP contribution in [-0.4, -0.2) is 23.7 Å². The van der Waals surface area contributed by atoms with Crippen molar-refractivity contribution in [2.75, 3.05) is 6.54 Å². The third-order valence-corrected chi connectivity index (χ3v) is 2.55. The van der Waals surface area contributed by atoms with Gasteiger partial charge < -0.3 is 10.4 Å². The second-order valence-corrected chi connectivity index (χ2v) is 4.12. The molecule has 4 heteroatoms. The van der Waals surface area contributed by atoms with E-state index in [2.05, 4.69) is 5.32 Å². The minimum Gasteiger partial charge on any atom is -0.391 e. The van der Waals surface area contributed by atoms with Crippen molar-refractivity contribution in [1.29, 1.82) is 0 Å². The van der Waals surface area contributed by atoms with Crippen molar-refractivity contribution < 1.29 is 14.3 Å². The van der Waals surface area contributed by atoms with Crippen LogP contribution in [0, 0.1) is 12.7 Å². The van der Waals surface area contributed by atoms with Crippen LogP contribution in [0.5, 0.6) is 0 Å². The summed E-state index contributed by atoms with van der Waals surface area (Å²) < 4.78 is 13.2. The summed E-state index contributed by atoms with van der Waals surface area (Å²) in [6.07, 6.45) is 0.956. The Morgan fingerprint density at radius 2 is 2.24 bits per heavy atom. The molecule has 0 bridgehead atoms. The number of nitrogens with one attached hydrogen (secondary N) is 1. The van der Waals surface area contributed by atoms with E-state index < -0.39 is 11.9 Å². The molecular weight excluding hydrogens is 221 g/mol. The van der Waals surface area contributed by atoms with Crippen molar-refractivity contribution in [2.45, 2.75) is 32.8 Å². The number of aliphatic hydroxyl groups is 1. The molecule has 0 saturated carbocycles. The fraction of sp³-hybridized carbons (Fsp3) is 0.462. The normalized spacial score (nSPS) is 12.2. The molecule has 1 aromatic carbocycles. The van der Waals surface area contributed by atoms with Crippen molar-refractivity contribution in [2.24, 2.45) is 0 Å². The summed E-state index contributed by atoms with van der Waals surface area (Å²) in [5, 5.41) is 12.0.